The highest BCUT2D eigenvalue weighted by molar-refractivity contribution is 6.10. The molecule has 2 aliphatic rings. The van der Waals surface area contributed by atoms with E-state index in [1.807, 2.05) is 48.5 Å². The Morgan fingerprint density at radius 2 is 0.911 bits per heavy atom. The number of nitrogens with zero attached hydrogens (tertiary/aromatic N) is 7. The minimum absolute atomic E-state index is 0.199. The van der Waals surface area contributed by atoms with Crippen molar-refractivity contribution < 1.29 is 9.47 Å². The normalized spacial score (nSPS) is 14.2. The fraction of sp³-hybridized carbons (Fsp3) is 0.0213. The molecule has 0 saturated carbocycles. The lowest BCUT2D eigenvalue weighted by atomic mass is 9.91. The summed E-state index contributed by atoms with van der Waals surface area (Å²) in [6, 6.07) is 54.3. The molecule has 0 radical (unpaired) electrons. The molecule has 7 aromatic carbocycles. The lowest BCUT2D eigenvalue weighted by Gasteiger charge is -2.34. The van der Waals surface area contributed by atoms with Crippen molar-refractivity contribution in [3.63, 3.8) is 0 Å². The lowest BCUT2D eigenvalue weighted by molar-refractivity contribution is 0.348. The van der Waals surface area contributed by atoms with Crippen LogP contribution in [0, 0.1) is 0 Å². The Hall–Kier alpha value is -7.78. The SMILES string of the molecule is c1ccc2c(c1)Oc1cc(-c3nc(-n4c5ccccc5c5ccccc54)nc(-n4c5ccccc5c5ccccc54)n3)cc3c1C2n1c(nc2ccccc21)O3. The Morgan fingerprint density at radius 3 is 1.50 bits per heavy atom. The first-order valence-electron chi connectivity index (χ1n) is 18.6. The number of benzene rings is 7. The summed E-state index contributed by atoms with van der Waals surface area (Å²) in [6.45, 7) is 0. The first-order valence-corrected chi connectivity index (χ1v) is 18.6. The van der Waals surface area contributed by atoms with Crippen LogP contribution in [0.5, 0.6) is 23.3 Å². The molecule has 2 aliphatic heterocycles. The molecule has 0 fully saturated rings. The van der Waals surface area contributed by atoms with Crippen LogP contribution < -0.4 is 9.47 Å². The van der Waals surface area contributed by atoms with Gasteiger partial charge in [0.15, 0.2) is 5.82 Å². The summed E-state index contributed by atoms with van der Waals surface area (Å²) in [5.74, 6) is 3.60. The summed E-state index contributed by atoms with van der Waals surface area (Å²) in [4.78, 5) is 20.8. The summed E-state index contributed by atoms with van der Waals surface area (Å²) >= 11 is 0. The topological polar surface area (TPSA) is 84.8 Å². The van der Waals surface area contributed by atoms with Gasteiger partial charge < -0.3 is 9.47 Å². The van der Waals surface area contributed by atoms with Crippen molar-refractivity contribution in [2.75, 3.05) is 0 Å². The molecule has 9 heteroatoms. The van der Waals surface area contributed by atoms with E-state index in [4.69, 9.17) is 29.4 Å². The molecule has 13 rings (SSSR count). The fourth-order valence-electron chi connectivity index (χ4n) is 8.91. The van der Waals surface area contributed by atoms with Crippen LogP contribution in [0.4, 0.5) is 0 Å². The van der Waals surface area contributed by atoms with Gasteiger partial charge in [-0.2, -0.15) is 19.9 Å². The van der Waals surface area contributed by atoms with E-state index < -0.39 is 0 Å². The maximum absolute atomic E-state index is 6.73. The average Bonchev–Trinajstić information content (AvgIpc) is 3.91. The van der Waals surface area contributed by atoms with Gasteiger partial charge in [0.25, 0.3) is 0 Å². The van der Waals surface area contributed by atoms with E-state index >= 15 is 0 Å². The second-order valence-electron chi connectivity index (χ2n) is 14.3. The molecule has 1 atom stereocenters. The number of ether oxygens (including phenoxy) is 2. The van der Waals surface area contributed by atoms with Gasteiger partial charge in [0, 0.05) is 32.7 Å². The van der Waals surface area contributed by atoms with Gasteiger partial charge in [-0.15, -0.1) is 0 Å². The van der Waals surface area contributed by atoms with Crippen LogP contribution in [-0.4, -0.2) is 33.6 Å². The maximum Gasteiger partial charge on any atom is 0.303 e. The molecule has 1 unspecified atom stereocenters. The fourth-order valence-corrected chi connectivity index (χ4v) is 8.91. The van der Waals surface area contributed by atoms with Gasteiger partial charge >= 0.3 is 6.01 Å². The molecule has 0 amide bonds. The van der Waals surface area contributed by atoms with Crippen LogP contribution >= 0.6 is 0 Å². The van der Waals surface area contributed by atoms with Gasteiger partial charge in [-0.05, 0) is 54.6 Å². The average molecular weight is 722 g/mol. The lowest BCUT2D eigenvalue weighted by Crippen LogP contribution is -2.22. The Morgan fingerprint density at radius 1 is 0.429 bits per heavy atom. The first kappa shape index (κ1) is 29.6. The summed E-state index contributed by atoms with van der Waals surface area (Å²) in [7, 11) is 0. The van der Waals surface area contributed by atoms with E-state index in [0.717, 1.165) is 77.1 Å². The van der Waals surface area contributed by atoms with E-state index in [9.17, 15) is 0 Å². The van der Waals surface area contributed by atoms with Gasteiger partial charge in [-0.25, -0.2) is 0 Å². The third kappa shape index (κ3) is 3.97. The Labute approximate surface area is 318 Å². The van der Waals surface area contributed by atoms with Gasteiger partial charge in [0.05, 0.1) is 44.7 Å². The molecule has 6 heterocycles. The number of imidazole rings is 1. The highest BCUT2D eigenvalue weighted by Gasteiger charge is 2.39. The molecule has 4 aromatic heterocycles. The van der Waals surface area contributed by atoms with Gasteiger partial charge in [-0.1, -0.05) is 103 Å². The van der Waals surface area contributed by atoms with E-state index in [-0.39, 0.29) is 6.04 Å². The number of aromatic nitrogens is 7. The van der Waals surface area contributed by atoms with E-state index in [0.29, 0.717) is 35.2 Å². The van der Waals surface area contributed by atoms with Gasteiger partial charge in [-0.3, -0.25) is 13.7 Å². The molecule has 0 aliphatic carbocycles. The number of fused-ring (bicyclic) bond motifs is 12. The van der Waals surface area contributed by atoms with Crippen molar-refractivity contribution in [3.05, 3.63) is 169 Å². The van der Waals surface area contributed by atoms with Crippen LogP contribution in [0.15, 0.2) is 158 Å². The zero-order chi connectivity index (χ0) is 36.5. The van der Waals surface area contributed by atoms with Crippen LogP contribution in [0.2, 0.25) is 0 Å². The molecule has 0 N–H and O–H groups in total. The molecule has 262 valence electrons. The van der Waals surface area contributed by atoms with Crippen molar-refractivity contribution >= 4 is 54.6 Å². The van der Waals surface area contributed by atoms with Crippen molar-refractivity contribution in [1.29, 1.82) is 0 Å². The van der Waals surface area contributed by atoms with Crippen molar-refractivity contribution in [1.82, 2.24) is 33.6 Å². The van der Waals surface area contributed by atoms with Crippen molar-refractivity contribution in [2.45, 2.75) is 6.04 Å². The van der Waals surface area contributed by atoms with Crippen LogP contribution in [-0.2, 0) is 0 Å². The Balaban J connectivity index is 1.10. The monoisotopic (exact) mass is 721 g/mol. The molecule has 9 nitrogen and oxygen atoms in total. The second kappa shape index (κ2) is 10.9. The van der Waals surface area contributed by atoms with Crippen LogP contribution in [0.25, 0.3) is 77.9 Å². The van der Waals surface area contributed by atoms with Crippen molar-refractivity contribution in [2.24, 2.45) is 0 Å². The molecule has 0 bridgehead atoms. The third-order valence-electron chi connectivity index (χ3n) is 11.3. The number of rotatable bonds is 3. The largest absolute Gasteiger partial charge is 0.456 e. The highest BCUT2D eigenvalue weighted by Crippen LogP contribution is 2.55. The van der Waals surface area contributed by atoms with E-state index in [1.54, 1.807) is 0 Å². The van der Waals surface area contributed by atoms with Crippen LogP contribution in [0.1, 0.15) is 17.2 Å². The van der Waals surface area contributed by atoms with E-state index in [1.165, 1.54) is 0 Å². The van der Waals surface area contributed by atoms with Gasteiger partial charge in [0.1, 0.15) is 17.2 Å². The summed E-state index contributed by atoms with van der Waals surface area (Å²) in [5, 5.41) is 4.49. The third-order valence-corrected chi connectivity index (χ3v) is 11.3. The van der Waals surface area contributed by atoms with Crippen LogP contribution in [0.3, 0.4) is 0 Å². The first-order chi connectivity index (χ1) is 27.8. The van der Waals surface area contributed by atoms with Crippen molar-refractivity contribution in [3.8, 4) is 46.5 Å². The number of hydrogen-bond acceptors (Lipinski definition) is 6. The number of para-hydroxylation sites is 7. The minimum Gasteiger partial charge on any atom is -0.456 e. The zero-order valence-electron chi connectivity index (χ0n) is 29.5. The summed E-state index contributed by atoms with van der Waals surface area (Å²) in [5.41, 5.74) is 8.59. The van der Waals surface area contributed by atoms with E-state index in [2.05, 4.69) is 123 Å². The smallest absolute Gasteiger partial charge is 0.303 e. The molecule has 0 saturated heterocycles. The standard InChI is InChI=1S/C47H27N7O2/c1-7-19-34-28(13-1)29-14-2-8-20-35(29)52(34)45-49-44(50-46(51-45)53-36-21-9-3-15-30(36)31-16-4-10-22-37(31)53)27-25-40-42-41(26-27)56-47-48-33-18-6-11-23-38(33)54(47)43(42)32-17-5-12-24-39(32)55-40/h1-26,43H. The summed E-state index contributed by atoms with van der Waals surface area (Å²) in [6.07, 6.45) is 0. The second-order valence-corrected chi connectivity index (χ2v) is 14.3. The zero-order valence-corrected chi connectivity index (χ0v) is 29.5. The molecule has 11 aromatic rings. The van der Waals surface area contributed by atoms with Gasteiger partial charge in [0.2, 0.25) is 11.9 Å². The number of hydrogen-bond donors (Lipinski definition) is 0. The molecule has 56 heavy (non-hydrogen) atoms. The Bertz CT molecular complexity index is 3230. The molecular formula is C47H27N7O2. The minimum atomic E-state index is -0.199. The predicted molar refractivity (Wildman–Crippen MR) is 218 cm³/mol. The summed E-state index contributed by atoms with van der Waals surface area (Å²) < 4.78 is 19.9. The molecule has 0 spiro atoms. The molecular weight excluding hydrogens is 695 g/mol. The predicted octanol–water partition coefficient (Wildman–Crippen LogP) is 10.9. The highest BCUT2D eigenvalue weighted by atomic mass is 16.5. The quantitative estimate of drug-likeness (QED) is 0.181. The maximum atomic E-state index is 6.73. The Kier molecular flexibility index (Phi) is 5.77.